The molecule has 0 saturated heterocycles. The lowest BCUT2D eigenvalue weighted by Crippen LogP contribution is -2.30. The van der Waals surface area contributed by atoms with E-state index in [1.165, 1.54) is 38.5 Å². The van der Waals surface area contributed by atoms with Gasteiger partial charge in [0.25, 0.3) is 0 Å². The summed E-state index contributed by atoms with van der Waals surface area (Å²) in [6.45, 7) is 1.32. The van der Waals surface area contributed by atoms with Crippen LogP contribution in [-0.4, -0.2) is 28.5 Å². The molecule has 1 aromatic carbocycles. The van der Waals surface area contributed by atoms with Crippen molar-refractivity contribution in [2.75, 3.05) is 18.4 Å². The number of rotatable bonds is 6. The second-order valence-electron chi connectivity index (χ2n) is 6.85. The van der Waals surface area contributed by atoms with E-state index in [0.717, 1.165) is 23.5 Å². The van der Waals surface area contributed by atoms with E-state index in [0.29, 0.717) is 18.5 Å². The van der Waals surface area contributed by atoms with E-state index in [9.17, 15) is 4.79 Å². The first kappa shape index (κ1) is 14.7. The van der Waals surface area contributed by atoms with Crippen LogP contribution in [0.25, 0.3) is 11.0 Å². The number of nitrogens with zero attached hydrogens (tertiary/aromatic N) is 2. The van der Waals surface area contributed by atoms with Gasteiger partial charge in [0, 0.05) is 6.04 Å². The third-order valence-electron chi connectivity index (χ3n) is 4.95. The van der Waals surface area contributed by atoms with Crippen molar-refractivity contribution in [3.05, 3.63) is 24.3 Å². The monoisotopic (exact) mass is 312 g/mol. The van der Waals surface area contributed by atoms with E-state index in [2.05, 4.69) is 26.3 Å². The third-order valence-corrected chi connectivity index (χ3v) is 4.95. The summed E-state index contributed by atoms with van der Waals surface area (Å²) in [5.41, 5.74) is 2.08. The number of fused-ring (bicyclic) bond motifs is 1. The molecule has 0 spiro atoms. The van der Waals surface area contributed by atoms with E-state index >= 15 is 0 Å². The molecule has 5 heteroatoms. The van der Waals surface area contributed by atoms with Crippen LogP contribution in [0.1, 0.15) is 44.6 Å². The van der Waals surface area contributed by atoms with Gasteiger partial charge in [-0.15, -0.1) is 0 Å². The largest absolute Gasteiger partial charge is 0.308 e. The summed E-state index contributed by atoms with van der Waals surface area (Å²) >= 11 is 0. The van der Waals surface area contributed by atoms with Gasteiger partial charge in [-0.05, 0) is 50.3 Å². The molecule has 2 saturated carbocycles. The van der Waals surface area contributed by atoms with E-state index in [1.54, 1.807) is 0 Å². The van der Waals surface area contributed by atoms with E-state index < -0.39 is 0 Å². The first-order valence-electron chi connectivity index (χ1n) is 8.79. The molecule has 1 amide bonds. The molecule has 0 radical (unpaired) electrons. The average Bonchev–Trinajstić information content (AvgIpc) is 3.08. The van der Waals surface area contributed by atoms with Crippen molar-refractivity contribution in [1.29, 1.82) is 0 Å². The smallest absolute Gasteiger partial charge is 0.240 e. The molecule has 2 aromatic rings. The lowest BCUT2D eigenvalue weighted by atomic mass is 10.2. The van der Waals surface area contributed by atoms with Crippen LogP contribution >= 0.6 is 0 Å². The Bertz CT molecular complexity index is 698. The fourth-order valence-corrected chi connectivity index (χ4v) is 3.55. The Morgan fingerprint density at radius 1 is 1.17 bits per heavy atom. The first-order chi connectivity index (χ1) is 11.3. The molecule has 2 aliphatic carbocycles. The van der Waals surface area contributed by atoms with Crippen molar-refractivity contribution in [2.45, 2.75) is 44.6 Å². The van der Waals surface area contributed by atoms with Crippen LogP contribution in [0.3, 0.4) is 0 Å². The number of anilines is 1. The van der Waals surface area contributed by atoms with Gasteiger partial charge in [-0.2, -0.15) is 0 Å². The zero-order valence-electron chi connectivity index (χ0n) is 13.4. The van der Waals surface area contributed by atoms with Gasteiger partial charge in [0.15, 0.2) is 0 Å². The van der Waals surface area contributed by atoms with Crippen LogP contribution in [0.15, 0.2) is 24.3 Å². The minimum absolute atomic E-state index is 0.000188. The Hall–Kier alpha value is -1.88. The van der Waals surface area contributed by atoms with Crippen molar-refractivity contribution in [2.24, 2.45) is 5.92 Å². The topological polar surface area (TPSA) is 59.0 Å². The van der Waals surface area contributed by atoms with E-state index in [-0.39, 0.29) is 5.91 Å². The number of carbonyl (C=O) groups excluding carboxylic acids is 1. The number of para-hydroxylation sites is 2. The number of amides is 1. The molecule has 122 valence electrons. The van der Waals surface area contributed by atoms with E-state index in [1.807, 2.05) is 18.2 Å². The molecule has 0 unspecified atom stereocenters. The third kappa shape index (κ3) is 3.24. The predicted octanol–water partition coefficient (Wildman–Crippen LogP) is 3.09. The summed E-state index contributed by atoms with van der Waals surface area (Å²) in [7, 11) is 0. The summed E-state index contributed by atoms with van der Waals surface area (Å²) in [5.74, 6) is 1.49. The second-order valence-corrected chi connectivity index (χ2v) is 6.85. The number of imidazole rings is 1. The molecule has 0 aliphatic heterocycles. The standard InChI is InChI=1S/C18H24N4O/c23-17(12-19-11-13-9-10-13)21-18-20-15-7-3-4-8-16(15)22(18)14-5-1-2-6-14/h3-4,7-8,13-14,19H,1-2,5-6,9-12H2,(H,20,21,23). The predicted molar refractivity (Wildman–Crippen MR) is 91.5 cm³/mol. The van der Waals surface area contributed by atoms with Gasteiger partial charge >= 0.3 is 0 Å². The van der Waals surface area contributed by atoms with Crippen molar-refractivity contribution in [1.82, 2.24) is 14.9 Å². The molecule has 0 bridgehead atoms. The maximum Gasteiger partial charge on any atom is 0.240 e. The van der Waals surface area contributed by atoms with Gasteiger partial charge in [0.05, 0.1) is 17.6 Å². The molecule has 2 aliphatic rings. The maximum atomic E-state index is 12.2. The number of hydrogen-bond acceptors (Lipinski definition) is 3. The SMILES string of the molecule is O=C(CNCC1CC1)Nc1nc2ccccc2n1C1CCCC1. The lowest BCUT2D eigenvalue weighted by molar-refractivity contribution is -0.115. The molecular formula is C18H24N4O. The van der Waals surface area contributed by atoms with Gasteiger partial charge in [-0.1, -0.05) is 25.0 Å². The molecule has 2 fully saturated rings. The van der Waals surface area contributed by atoms with Crippen molar-refractivity contribution < 1.29 is 4.79 Å². The maximum absolute atomic E-state index is 12.2. The quantitative estimate of drug-likeness (QED) is 0.862. The summed E-state index contributed by atoms with van der Waals surface area (Å²) in [6.07, 6.45) is 7.45. The second kappa shape index (κ2) is 6.32. The highest BCUT2D eigenvalue weighted by Gasteiger charge is 2.24. The Kier molecular flexibility index (Phi) is 4.04. The number of nitrogens with one attached hydrogen (secondary N) is 2. The summed E-state index contributed by atoms with van der Waals surface area (Å²) < 4.78 is 2.24. The van der Waals surface area contributed by atoms with Gasteiger partial charge in [0.2, 0.25) is 11.9 Å². The van der Waals surface area contributed by atoms with Crippen molar-refractivity contribution >= 4 is 22.9 Å². The fraction of sp³-hybridized carbons (Fsp3) is 0.556. The highest BCUT2D eigenvalue weighted by molar-refractivity contribution is 5.92. The Morgan fingerprint density at radius 2 is 1.96 bits per heavy atom. The van der Waals surface area contributed by atoms with Gasteiger partial charge in [-0.3, -0.25) is 10.1 Å². The lowest BCUT2D eigenvalue weighted by Gasteiger charge is -2.16. The highest BCUT2D eigenvalue weighted by atomic mass is 16.2. The van der Waals surface area contributed by atoms with Crippen LogP contribution in [0, 0.1) is 5.92 Å². The van der Waals surface area contributed by atoms with Crippen LogP contribution in [-0.2, 0) is 4.79 Å². The minimum Gasteiger partial charge on any atom is -0.308 e. The Morgan fingerprint density at radius 3 is 2.74 bits per heavy atom. The van der Waals surface area contributed by atoms with E-state index in [4.69, 9.17) is 0 Å². The number of carbonyl (C=O) groups is 1. The number of hydrogen-bond donors (Lipinski definition) is 2. The van der Waals surface area contributed by atoms with Crippen LogP contribution < -0.4 is 10.6 Å². The zero-order chi connectivity index (χ0) is 15.6. The summed E-state index contributed by atoms with van der Waals surface area (Å²) in [4.78, 5) is 16.9. The van der Waals surface area contributed by atoms with Crippen LogP contribution in [0.2, 0.25) is 0 Å². The summed E-state index contributed by atoms with van der Waals surface area (Å²) in [6, 6.07) is 8.61. The van der Waals surface area contributed by atoms with Gasteiger partial charge in [-0.25, -0.2) is 4.98 Å². The van der Waals surface area contributed by atoms with Crippen LogP contribution in [0.5, 0.6) is 0 Å². The van der Waals surface area contributed by atoms with Crippen LogP contribution in [0.4, 0.5) is 5.95 Å². The normalized spacial score (nSPS) is 18.6. The minimum atomic E-state index is 0.000188. The molecule has 4 rings (SSSR count). The Balaban J connectivity index is 1.52. The first-order valence-corrected chi connectivity index (χ1v) is 8.79. The molecule has 1 aromatic heterocycles. The van der Waals surface area contributed by atoms with Gasteiger partial charge in [0.1, 0.15) is 0 Å². The Labute approximate surface area is 136 Å². The molecule has 0 atom stereocenters. The average molecular weight is 312 g/mol. The fourth-order valence-electron chi connectivity index (χ4n) is 3.55. The number of benzene rings is 1. The molecule has 5 nitrogen and oxygen atoms in total. The molecule has 23 heavy (non-hydrogen) atoms. The van der Waals surface area contributed by atoms with Crippen molar-refractivity contribution in [3.8, 4) is 0 Å². The highest BCUT2D eigenvalue weighted by Crippen LogP contribution is 2.35. The summed E-state index contributed by atoms with van der Waals surface area (Å²) in [5, 5.41) is 6.26. The van der Waals surface area contributed by atoms with Gasteiger partial charge < -0.3 is 9.88 Å². The van der Waals surface area contributed by atoms with Crippen molar-refractivity contribution in [3.63, 3.8) is 0 Å². The molecule has 2 N–H and O–H groups in total. The zero-order valence-corrected chi connectivity index (χ0v) is 13.4. The number of aromatic nitrogens is 2. The molecular weight excluding hydrogens is 288 g/mol. The molecule has 1 heterocycles.